The predicted octanol–water partition coefficient (Wildman–Crippen LogP) is 4.26. The molecule has 1 saturated heterocycles. The van der Waals surface area contributed by atoms with E-state index < -0.39 is 18.5 Å². The molecule has 0 spiro atoms. The average molecular weight is 511 g/mol. The second-order valence-electron chi connectivity index (χ2n) is 8.00. The van der Waals surface area contributed by atoms with Crippen molar-refractivity contribution in [1.29, 1.82) is 0 Å². The quantitative estimate of drug-likeness (QED) is 0.356. The Morgan fingerprint density at radius 1 is 1.06 bits per heavy atom. The number of halogens is 1. The highest BCUT2D eigenvalue weighted by Gasteiger charge is 2.47. The molecule has 2 aromatic carbocycles. The second-order valence-corrected chi connectivity index (χ2v) is 8.91. The van der Waals surface area contributed by atoms with Crippen LogP contribution in [0.2, 0.25) is 0 Å². The number of hydrogen-bond donors (Lipinski definition) is 1. The second kappa shape index (κ2) is 9.70. The van der Waals surface area contributed by atoms with Crippen LogP contribution in [0.15, 0.2) is 59.1 Å². The molecule has 0 aromatic heterocycles. The third kappa shape index (κ3) is 4.75. The fourth-order valence-corrected chi connectivity index (χ4v) is 4.61. The molecule has 2 aromatic rings. The molecule has 2 aliphatic rings. The number of ether oxygens (including phenoxy) is 1. The van der Waals surface area contributed by atoms with Crippen molar-refractivity contribution in [2.45, 2.75) is 26.2 Å². The van der Waals surface area contributed by atoms with Gasteiger partial charge in [0.25, 0.3) is 5.91 Å². The summed E-state index contributed by atoms with van der Waals surface area (Å²) in [5.41, 5.74) is 2.10. The van der Waals surface area contributed by atoms with Gasteiger partial charge in [0.1, 0.15) is 0 Å². The average Bonchev–Trinajstić information content (AvgIpc) is 3.08. The normalized spacial score (nSPS) is 19.4. The smallest absolute Gasteiger partial charge is 0.338 e. The first-order chi connectivity index (χ1) is 15.9. The van der Waals surface area contributed by atoms with Crippen LogP contribution in [-0.4, -0.2) is 30.3 Å². The topological polar surface area (TPSA) is 92.8 Å². The molecule has 1 aliphatic carbocycles. The van der Waals surface area contributed by atoms with Gasteiger partial charge < -0.3 is 10.1 Å². The van der Waals surface area contributed by atoms with Crippen molar-refractivity contribution < 1.29 is 23.9 Å². The van der Waals surface area contributed by atoms with Crippen molar-refractivity contribution in [2.24, 2.45) is 11.8 Å². The Labute approximate surface area is 199 Å². The molecule has 1 N–H and O–H groups in total. The number of allylic oxidation sites excluding steroid dienone is 2. The SMILES string of the molecule is CCc1cc(Br)ccc1NC(=O)COC(=O)c1cccc(N2C(=O)[C@H]3CC=CC[C@H]3C2=O)c1. The molecular formula is C25H23BrN2O5. The Morgan fingerprint density at radius 3 is 2.42 bits per heavy atom. The lowest BCUT2D eigenvalue weighted by atomic mass is 9.85. The van der Waals surface area contributed by atoms with Crippen LogP contribution in [0, 0.1) is 11.8 Å². The first-order valence-corrected chi connectivity index (χ1v) is 11.6. The lowest BCUT2D eigenvalue weighted by molar-refractivity contribution is -0.122. The zero-order chi connectivity index (χ0) is 23.5. The number of carbonyl (C=O) groups is 4. The zero-order valence-corrected chi connectivity index (χ0v) is 19.6. The molecule has 2 atom stereocenters. The van der Waals surface area contributed by atoms with Crippen LogP contribution in [0.25, 0.3) is 0 Å². The summed E-state index contributed by atoms with van der Waals surface area (Å²) in [6, 6.07) is 11.7. The number of rotatable bonds is 6. The molecule has 1 heterocycles. The number of esters is 1. The molecule has 0 bridgehead atoms. The van der Waals surface area contributed by atoms with Gasteiger partial charge in [-0.05, 0) is 61.2 Å². The third-order valence-corrected chi connectivity index (χ3v) is 6.40. The maximum absolute atomic E-state index is 12.8. The number of nitrogens with one attached hydrogen (secondary N) is 1. The first-order valence-electron chi connectivity index (χ1n) is 10.8. The number of anilines is 2. The molecule has 8 heteroatoms. The minimum atomic E-state index is -0.711. The fraction of sp³-hybridized carbons (Fsp3) is 0.280. The molecule has 1 aliphatic heterocycles. The van der Waals surface area contributed by atoms with Crippen LogP contribution in [0.1, 0.15) is 35.7 Å². The van der Waals surface area contributed by atoms with E-state index in [2.05, 4.69) is 21.2 Å². The van der Waals surface area contributed by atoms with Gasteiger partial charge in [0, 0.05) is 10.2 Å². The summed E-state index contributed by atoms with van der Waals surface area (Å²) in [6.07, 6.45) is 5.66. The van der Waals surface area contributed by atoms with Crippen LogP contribution in [0.4, 0.5) is 11.4 Å². The standard InChI is InChI=1S/C25H23BrN2O5/c1-2-15-12-17(26)10-11-21(15)27-22(29)14-33-25(32)16-6-5-7-18(13-16)28-23(30)19-8-3-4-9-20(19)24(28)31/h3-7,10-13,19-20H,2,8-9,14H2,1H3,(H,27,29)/t19-,20+. The number of imide groups is 1. The van der Waals surface area contributed by atoms with Gasteiger partial charge in [-0.2, -0.15) is 0 Å². The molecule has 33 heavy (non-hydrogen) atoms. The number of benzene rings is 2. The van der Waals surface area contributed by atoms with Crippen molar-refractivity contribution in [1.82, 2.24) is 0 Å². The lowest BCUT2D eigenvalue weighted by Crippen LogP contribution is -2.31. The number of carbonyl (C=O) groups excluding carboxylic acids is 4. The number of amides is 3. The van der Waals surface area contributed by atoms with E-state index in [0.29, 0.717) is 24.2 Å². The van der Waals surface area contributed by atoms with Crippen molar-refractivity contribution in [3.8, 4) is 0 Å². The minimum absolute atomic E-state index is 0.159. The summed E-state index contributed by atoms with van der Waals surface area (Å²) in [4.78, 5) is 51.6. The van der Waals surface area contributed by atoms with Crippen LogP contribution >= 0.6 is 15.9 Å². The van der Waals surface area contributed by atoms with Crippen LogP contribution < -0.4 is 10.2 Å². The highest BCUT2D eigenvalue weighted by Crippen LogP contribution is 2.37. The van der Waals surface area contributed by atoms with E-state index in [0.717, 1.165) is 21.4 Å². The van der Waals surface area contributed by atoms with Crippen molar-refractivity contribution >= 4 is 51.0 Å². The molecule has 3 amide bonds. The highest BCUT2D eigenvalue weighted by molar-refractivity contribution is 9.10. The van der Waals surface area contributed by atoms with Gasteiger partial charge in [0.15, 0.2) is 6.61 Å². The summed E-state index contributed by atoms with van der Waals surface area (Å²) < 4.78 is 6.08. The van der Waals surface area contributed by atoms with Crippen molar-refractivity contribution in [3.05, 3.63) is 70.2 Å². The predicted molar refractivity (Wildman–Crippen MR) is 127 cm³/mol. The molecule has 7 nitrogen and oxygen atoms in total. The van der Waals surface area contributed by atoms with Crippen molar-refractivity contribution in [3.63, 3.8) is 0 Å². The lowest BCUT2D eigenvalue weighted by Gasteiger charge is -2.15. The van der Waals surface area contributed by atoms with E-state index in [1.54, 1.807) is 18.2 Å². The van der Waals surface area contributed by atoms with E-state index in [4.69, 9.17) is 4.74 Å². The largest absolute Gasteiger partial charge is 0.452 e. The monoisotopic (exact) mass is 510 g/mol. The van der Waals surface area contributed by atoms with Gasteiger partial charge in [0.2, 0.25) is 11.8 Å². The minimum Gasteiger partial charge on any atom is -0.452 e. The van der Waals surface area contributed by atoms with E-state index in [-0.39, 0.29) is 29.2 Å². The molecule has 4 rings (SSSR count). The zero-order valence-electron chi connectivity index (χ0n) is 18.0. The van der Waals surface area contributed by atoms with E-state index in [1.807, 2.05) is 31.2 Å². The fourth-order valence-electron chi connectivity index (χ4n) is 4.20. The number of nitrogens with zero attached hydrogens (tertiary/aromatic N) is 1. The van der Waals surface area contributed by atoms with Gasteiger partial charge in [-0.3, -0.25) is 19.3 Å². The Hall–Kier alpha value is -3.26. The molecular weight excluding hydrogens is 488 g/mol. The maximum atomic E-state index is 12.8. The van der Waals surface area contributed by atoms with Crippen molar-refractivity contribution in [2.75, 3.05) is 16.8 Å². The Morgan fingerprint density at radius 2 is 1.76 bits per heavy atom. The van der Waals surface area contributed by atoms with Gasteiger partial charge in [-0.25, -0.2) is 4.79 Å². The number of hydrogen-bond acceptors (Lipinski definition) is 5. The van der Waals surface area contributed by atoms with Crippen LogP contribution in [0.5, 0.6) is 0 Å². The third-order valence-electron chi connectivity index (χ3n) is 5.90. The summed E-state index contributed by atoms with van der Waals surface area (Å²) >= 11 is 3.40. The number of fused-ring (bicyclic) bond motifs is 1. The summed E-state index contributed by atoms with van der Waals surface area (Å²) in [6.45, 7) is 1.52. The van der Waals surface area contributed by atoms with Crippen LogP contribution in [0.3, 0.4) is 0 Å². The summed E-state index contributed by atoms with van der Waals surface area (Å²) in [5, 5.41) is 2.75. The van der Waals surface area contributed by atoms with Gasteiger partial charge >= 0.3 is 5.97 Å². The Bertz CT molecular complexity index is 1130. The Kier molecular flexibility index (Phi) is 6.74. The maximum Gasteiger partial charge on any atom is 0.338 e. The summed E-state index contributed by atoms with van der Waals surface area (Å²) in [5.74, 6) is -2.38. The Balaban J connectivity index is 1.41. The van der Waals surface area contributed by atoms with Gasteiger partial charge in [-0.1, -0.05) is 41.1 Å². The summed E-state index contributed by atoms with van der Waals surface area (Å²) in [7, 11) is 0. The molecule has 0 unspecified atom stereocenters. The number of aryl methyl sites for hydroxylation is 1. The van der Waals surface area contributed by atoms with Gasteiger partial charge in [0.05, 0.1) is 23.1 Å². The van der Waals surface area contributed by atoms with Gasteiger partial charge in [-0.15, -0.1) is 0 Å². The highest BCUT2D eigenvalue weighted by atomic mass is 79.9. The molecule has 0 saturated carbocycles. The van der Waals surface area contributed by atoms with E-state index in [9.17, 15) is 19.2 Å². The molecule has 0 radical (unpaired) electrons. The molecule has 1 fully saturated rings. The first kappa shape index (κ1) is 22.9. The van der Waals surface area contributed by atoms with E-state index >= 15 is 0 Å². The molecule has 170 valence electrons. The van der Waals surface area contributed by atoms with Crippen LogP contribution in [-0.2, 0) is 25.5 Å². The van der Waals surface area contributed by atoms with E-state index in [1.165, 1.54) is 12.1 Å².